The fourth-order valence-electron chi connectivity index (χ4n) is 1.58. The third kappa shape index (κ3) is 7.56. The lowest BCUT2D eigenvalue weighted by Crippen LogP contribution is -2.35. The van der Waals surface area contributed by atoms with Crippen LogP contribution in [0.5, 0.6) is 0 Å². The summed E-state index contributed by atoms with van der Waals surface area (Å²) in [6, 6.07) is 8.59. The van der Waals surface area contributed by atoms with Crippen LogP contribution >= 0.6 is 11.8 Å². The van der Waals surface area contributed by atoms with Crippen LogP contribution in [0, 0.1) is 0 Å². The average molecular weight is 295 g/mol. The van der Waals surface area contributed by atoms with Crippen molar-refractivity contribution in [1.82, 2.24) is 5.32 Å². The number of thioether (sulfide) groups is 1. The molecule has 112 valence electrons. The van der Waals surface area contributed by atoms with Crippen LogP contribution < -0.4 is 5.32 Å². The maximum Gasteiger partial charge on any atom is 0.305 e. The predicted molar refractivity (Wildman–Crippen MR) is 85.0 cm³/mol. The van der Waals surface area contributed by atoms with Crippen molar-refractivity contribution in [2.24, 2.45) is 0 Å². The van der Waals surface area contributed by atoms with Crippen LogP contribution in [0.2, 0.25) is 0 Å². The Bertz CT molecular complexity index is 409. The molecule has 0 radical (unpaired) electrons. The van der Waals surface area contributed by atoms with Gasteiger partial charge >= 0.3 is 5.97 Å². The molecule has 0 aromatic heterocycles. The SMILES string of the molecule is COC(=O)CCCSc1ccc(CNC(C)(C)C)cc1. The van der Waals surface area contributed by atoms with Gasteiger partial charge in [0.1, 0.15) is 0 Å². The molecule has 1 aromatic carbocycles. The lowest BCUT2D eigenvalue weighted by molar-refractivity contribution is -0.140. The highest BCUT2D eigenvalue weighted by molar-refractivity contribution is 7.99. The van der Waals surface area contributed by atoms with E-state index in [-0.39, 0.29) is 11.5 Å². The molecule has 0 unspecified atom stereocenters. The third-order valence-corrected chi connectivity index (χ3v) is 3.87. The molecule has 1 aromatic rings. The van der Waals surface area contributed by atoms with Crippen molar-refractivity contribution in [2.75, 3.05) is 12.9 Å². The van der Waals surface area contributed by atoms with Crippen molar-refractivity contribution in [3.05, 3.63) is 29.8 Å². The molecule has 0 heterocycles. The van der Waals surface area contributed by atoms with E-state index in [0.717, 1.165) is 18.7 Å². The molecular weight excluding hydrogens is 270 g/mol. The minimum Gasteiger partial charge on any atom is -0.469 e. The van der Waals surface area contributed by atoms with Crippen molar-refractivity contribution in [1.29, 1.82) is 0 Å². The number of nitrogens with one attached hydrogen (secondary N) is 1. The van der Waals surface area contributed by atoms with Crippen molar-refractivity contribution < 1.29 is 9.53 Å². The number of hydrogen-bond donors (Lipinski definition) is 1. The van der Waals surface area contributed by atoms with Gasteiger partial charge in [-0.2, -0.15) is 0 Å². The van der Waals surface area contributed by atoms with Crippen LogP contribution in [-0.4, -0.2) is 24.4 Å². The quantitative estimate of drug-likeness (QED) is 0.474. The van der Waals surface area contributed by atoms with Gasteiger partial charge in [0.25, 0.3) is 0 Å². The van der Waals surface area contributed by atoms with Gasteiger partial charge in [-0.15, -0.1) is 11.8 Å². The Morgan fingerprint density at radius 2 is 1.90 bits per heavy atom. The summed E-state index contributed by atoms with van der Waals surface area (Å²) in [6.07, 6.45) is 1.35. The lowest BCUT2D eigenvalue weighted by Gasteiger charge is -2.20. The predicted octanol–water partition coefficient (Wildman–Crippen LogP) is 3.62. The molecule has 0 atom stereocenters. The van der Waals surface area contributed by atoms with Crippen molar-refractivity contribution >= 4 is 17.7 Å². The first-order valence-electron chi connectivity index (χ1n) is 6.94. The van der Waals surface area contributed by atoms with Gasteiger partial charge in [-0.3, -0.25) is 4.79 Å². The van der Waals surface area contributed by atoms with E-state index in [1.54, 1.807) is 11.8 Å². The van der Waals surface area contributed by atoms with E-state index in [2.05, 4.69) is 55.1 Å². The van der Waals surface area contributed by atoms with E-state index in [0.29, 0.717) is 6.42 Å². The molecular formula is C16H25NO2S. The Hall–Kier alpha value is -1.00. The van der Waals surface area contributed by atoms with Crippen LogP contribution in [0.3, 0.4) is 0 Å². The summed E-state index contributed by atoms with van der Waals surface area (Å²) in [5.41, 5.74) is 1.43. The van der Waals surface area contributed by atoms with Crippen LogP contribution in [0.4, 0.5) is 0 Å². The molecule has 0 aliphatic rings. The molecule has 20 heavy (non-hydrogen) atoms. The van der Waals surface area contributed by atoms with E-state index in [1.165, 1.54) is 17.6 Å². The molecule has 0 saturated carbocycles. The Morgan fingerprint density at radius 3 is 2.45 bits per heavy atom. The number of methoxy groups -OCH3 is 1. The molecule has 0 aliphatic heterocycles. The monoisotopic (exact) mass is 295 g/mol. The number of benzene rings is 1. The lowest BCUT2D eigenvalue weighted by atomic mass is 10.1. The van der Waals surface area contributed by atoms with E-state index in [4.69, 9.17) is 0 Å². The molecule has 0 spiro atoms. The number of hydrogen-bond acceptors (Lipinski definition) is 4. The summed E-state index contributed by atoms with van der Waals surface area (Å²) < 4.78 is 4.62. The molecule has 4 heteroatoms. The van der Waals surface area contributed by atoms with Crippen molar-refractivity contribution in [2.45, 2.75) is 50.6 Å². The van der Waals surface area contributed by atoms with Crippen molar-refractivity contribution in [3.8, 4) is 0 Å². The fourth-order valence-corrected chi connectivity index (χ4v) is 2.43. The molecule has 0 aliphatic carbocycles. The number of carbonyl (C=O) groups is 1. The van der Waals surface area contributed by atoms with Crippen LogP contribution in [-0.2, 0) is 16.1 Å². The molecule has 0 saturated heterocycles. The zero-order valence-electron chi connectivity index (χ0n) is 12.9. The largest absolute Gasteiger partial charge is 0.469 e. The summed E-state index contributed by atoms with van der Waals surface area (Å²) in [6.45, 7) is 7.38. The Kier molecular flexibility index (Phi) is 7.10. The van der Waals surface area contributed by atoms with Gasteiger partial charge in [0, 0.05) is 23.4 Å². The molecule has 1 N–H and O–H groups in total. The van der Waals surface area contributed by atoms with Gasteiger partial charge in [-0.05, 0) is 50.6 Å². The maximum absolute atomic E-state index is 11.0. The standard InChI is InChI=1S/C16H25NO2S/c1-16(2,3)17-12-13-7-9-14(10-8-13)20-11-5-6-15(18)19-4/h7-10,17H,5-6,11-12H2,1-4H3. The summed E-state index contributed by atoms with van der Waals surface area (Å²) in [4.78, 5) is 12.2. The summed E-state index contributed by atoms with van der Waals surface area (Å²) in [5, 5.41) is 3.47. The first kappa shape index (κ1) is 17.1. The first-order chi connectivity index (χ1) is 9.40. The van der Waals surface area contributed by atoms with Crippen LogP contribution in [0.1, 0.15) is 39.2 Å². The summed E-state index contributed by atoms with van der Waals surface area (Å²) in [5.74, 6) is 0.809. The highest BCUT2D eigenvalue weighted by Crippen LogP contribution is 2.20. The highest BCUT2D eigenvalue weighted by atomic mass is 32.2. The molecule has 3 nitrogen and oxygen atoms in total. The molecule has 0 bridgehead atoms. The second-order valence-corrected chi connectivity index (χ2v) is 6.94. The number of carbonyl (C=O) groups excluding carboxylic acids is 1. The Morgan fingerprint density at radius 1 is 1.25 bits per heavy atom. The van der Waals surface area contributed by atoms with Gasteiger partial charge in [0.15, 0.2) is 0 Å². The van der Waals surface area contributed by atoms with Crippen LogP contribution in [0.15, 0.2) is 29.2 Å². The minimum absolute atomic E-state index is 0.130. The first-order valence-corrected chi connectivity index (χ1v) is 7.93. The van der Waals surface area contributed by atoms with Gasteiger partial charge in [0.2, 0.25) is 0 Å². The van der Waals surface area contributed by atoms with Gasteiger partial charge in [0.05, 0.1) is 7.11 Å². The van der Waals surface area contributed by atoms with E-state index >= 15 is 0 Å². The number of rotatable bonds is 7. The highest BCUT2D eigenvalue weighted by Gasteiger charge is 2.08. The average Bonchev–Trinajstić information content (AvgIpc) is 2.41. The van der Waals surface area contributed by atoms with E-state index < -0.39 is 0 Å². The summed E-state index contributed by atoms with van der Waals surface area (Å²) in [7, 11) is 1.43. The second-order valence-electron chi connectivity index (χ2n) is 5.78. The Balaban J connectivity index is 2.30. The van der Waals surface area contributed by atoms with E-state index in [9.17, 15) is 4.79 Å². The zero-order valence-corrected chi connectivity index (χ0v) is 13.7. The molecule has 0 fully saturated rings. The topological polar surface area (TPSA) is 38.3 Å². The van der Waals surface area contributed by atoms with Gasteiger partial charge in [-0.1, -0.05) is 12.1 Å². The minimum atomic E-state index is -0.130. The Labute approximate surface area is 126 Å². The second kappa shape index (κ2) is 8.32. The fraction of sp³-hybridized carbons (Fsp3) is 0.562. The smallest absolute Gasteiger partial charge is 0.305 e. The number of ether oxygens (including phenoxy) is 1. The summed E-state index contributed by atoms with van der Waals surface area (Å²) >= 11 is 1.78. The molecule has 1 rings (SSSR count). The third-order valence-electron chi connectivity index (χ3n) is 2.77. The van der Waals surface area contributed by atoms with Crippen LogP contribution in [0.25, 0.3) is 0 Å². The normalized spacial score (nSPS) is 11.4. The number of esters is 1. The maximum atomic E-state index is 11.0. The zero-order chi connectivity index (χ0) is 15.0. The van der Waals surface area contributed by atoms with Crippen molar-refractivity contribution in [3.63, 3.8) is 0 Å². The molecule has 0 amide bonds. The van der Waals surface area contributed by atoms with Gasteiger partial charge in [-0.25, -0.2) is 0 Å². The van der Waals surface area contributed by atoms with Gasteiger partial charge < -0.3 is 10.1 Å². The van der Waals surface area contributed by atoms with E-state index in [1.807, 2.05) is 0 Å².